The van der Waals surface area contributed by atoms with Gasteiger partial charge in [-0.25, -0.2) is 0 Å². The van der Waals surface area contributed by atoms with E-state index in [1.807, 2.05) is 24.3 Å². The molecule has 3 rings (SSSR count). The van der Waals surface area contributed by atoms with Gasteiger partial charge in [-0.15, -0.1) is 0 Å². The molecule has 1 fully saturated rings. The van der Waals surface area contributed by atoms with E-state index in [1.165, 1.54) is 0 Å². The molecule has 2 heterocycles. The summed E-state index contributed by atoms with van der Waals surface area (Å²) in [4.78, 5) is 14.1. The zero-order valence-electron chi connectivity index (χ0n) is 9.97. The molecule has 0 spiro atoms. The van der Waals surface area contributed by atoms with Crippen molar-refractivity contribution in [2.45, 2.75) is 18.9 Å². The first-order valence-electron chi connectivity index (χ1n) is 6.18. The van der Waals surface area contributed by atoms with E-state index in [1.54, 1.807) is 4.90 Å². The number of carbonyl (C=O) groups excluding carboxylic acids is 1. The maximum absolute atomic E-state index is 12.3. The summed E-state index contributed by atoms with van der Waals surface area (Å²) >= 11 is 0. The summed E-state index contributed by atoms with van der Waals surface area (Å²) < 4.78 is 0. The van der Waals surface area contributed by atoms with Crippen molar-refractivity contribution in [1.82, 2.24) is 5.32 Å². The number of rotatable bonds is 1. The first kappa shape index (κ1) is 11.2. The van der Waals surface area contributed by atoms with Crippen molar-refractivity contribution >= 4 is 17.3 Å². The van der Waals surface area contributed by atoms with Gasteiger partial charge in [0, 0.05) is 11.6 Å². The number of nitrogens with one attached hydrogen (secondary N) is 1. The third-order valence-electron chi connectivity index (χ3n) is 3.61. The van der Waals surface area contributed by atoms with Crippen molar-refractivity contribution in [1.29, 1.82) is 0 Å². The Balaban J connectivity index is 2.02. The largest absolute Gasteiger partial charge is 0.410 e. The van der Waals surface area contributed by atoms with Crippen molar-refractivity contribution in [3.63, 3.8) is 0 Å². The van der Waals surface area contributed by atoms with Crippen LogP contribution in [0.1, 0.15) is 18.4 Å². The van der Waals surface area contributed by atoms with Crippen LogP contribution in [0.5, 0.6) is 0 Å². The van der Waals surface area contributed by atoms with Gasteiger partial charge in [-0.05, 0) is 32.0 Å². The number of oxime groups is 1. The van der Waals surface area contributed by atoms with Gasteiger partial charge >= 0.3 is 0 Å². The number of hydrogen-bond acceptors (Lipinski definition) is 4. The predicted octanol–water partition coefficient (Wildman–Crippen LogP) is 0.963. The van der Waals surface area contributed by atoms with Crippen LogP contribution in [0.2, 0.25) is 0 Å². The lowest BCUT2D eigenvalue weighted by Crippen LogP contribution is -2.45. The van der Waals surface area contributed by atoms with Crippen LogP contribution in [-0.4, -0.2) is 36.0 Å². The predicted molar refractivity (Wildman–Crippen MR) is 68.1 cm³/mol. The van der Waals surface area contributed by atoms with E-state index in [4.69, 9.17) is 5.21 Å². The Hall–Kier alpha value is -1.88. The summed E-state index contributed by atoms with van der Waals surface area (Å²) in [5.74, 6) is -0.189. The molecule has 0 aromatic heterocycles. The van der Waals surface area contributed by atoms with Crippen molar-refractivity contribution in [3.8, 4) is 0 Å². The molecule has 0 aliphatic carbocycles. The monoisotopic (exact) mass is 245 g/mol. The third-order valence-corrected chi connectivity index (χ3v) is 3.61. The first-order valence-corrected chi connectivity index (χ1v) is 6.18. The fraction of sp³-hybridized carbons (Fsp3) is 0.385. The standard InChI is InChI=1S/C13H15N3O2/c17-13-12(15-18)10-3-1-2-4-11(10)16(13)9-5-7-14-8-6-9/h1-4,9,14,18H,5-8H2/b15-12-. The number of amides is 1. The molecule has 2 N–H and O–H groups in total. The third kappa shape index (κ3) is 1.59. The lowest BCUT2D eigenvalue weighted by atomic mass is 10.0. The van der Waals surface area contributed by atoms with Gasteiger partial charge in [0.15, 0.2) is 5.71 Å². The highest BCUT2D eigenvalue weighted by Crippen LogP contribution is 2.32. The lowest BCUT2D eigenvalue weighted by molar-refractivity contribution is -0.112. The van der Waals surface area contributed by atoms with Crippen LogP contribution in [0.25, 0.3) is 0 Å². The Morgan fingerprint density at radius 3 is 2.72 bits per heavy atom. The average Bonchev–Trinajstić information content (AvgIpc) is 2.71. The van der Waals surface area contributed by atoms with Gasteiger partial charge in [-0.2, -0.15) is 0 Å². The van der Waals surface area contributed by atoms with E-state index in [0.717, 1.165) is 37.2 Å². The van der Waals surface area contributed by atoms with E-state index >= 15 is 0 Å². The van der Waals surface area contributed by atoms with Crippen LogP contribution in [0.15, 0.2) is 29.4 Å². The molecule has 1 aromatic rings. The van der Waals surface area contributed by atoms with Crippen LogP contribution in [0.3, 0.4) is 0 Å². The summed E-state index contributed by atoms with van der Waals surface area (Å²) in [6, 6.07) is 7.68. The fourth-order valence-electron chi connectivity index (χ4n) is 2.75. The minimum atomic E-state index is -0.189. The second-order valence-electron chi connectivity index (χ2n) is 4.62. The molecule has 0 saturated carbocycles. The molecule has 0 bridgehead atoms. The SMILES string of the molecule is O=C1/C(=N\O)c2ccccc2N1C1CCNCC1. The van der Waals surface area contributed by atoms with Gasteiger partial charge in [-0.1, -0.05) is 23.4 Å². The molecule has 2 aliphatic heterocycles. The van der Waals surface area contributed by atoms with Gasteiger partial charge in [0.05, 0.1) is 5.69 Å². The number of para-hydroxylation sites is 1. The minimum absolute atomic E-state index is 0.157. The first-order chi connectivity index (χ1) is 8.83. The highest BCUT2D eigenvalue weighted by Gasteiger charge is 2.38. The average molecular weight is 245 g/mol. The Morgan fingerprint density at radius 1 is 1.28 bits per heavy atom. The molecule has 94 valence electrons. The zero-order chi connectivity index (χ0) is 12.5. The maximum atomic E-state index is 12.3. The molecule has 2 aliphatic rings. The normalized spacial score (nSPS) is 22.6. The van der Waals surface area contributed by atoms with Crippen LogP contribution in [0, 0.1) is 0 Å². The van der Waals surface area contributed by atoms with Crippen LogP contribution >= 0.6 is 0 Å². The van der Waals surface area contributed by atoms with Crippen molar-refractivity contribution in [2.24, 2.45) is 5.16 Å². The quantitative estimate of drug-likeness (QED) is 0.572. The number of nitrogens with zero attached hydrogens (tertiary/aromatic N) is 2. The number of piperidine rings is 1. The van der Waals surface area contributed by atoms with Gasteiger partial charge < -0.3 is 15.4 Å². The lowest BCUT2D eigenvalue weighted by Gasteiger charge is -2.31. The van der Waals surface area contributed by atoms with Crippen LogP contribution in [-0.2, 0) is 4.79 Å². The van der Waals surface area contributed by atoms with Gasteiger partial charge in [0.1, 0.15) is 0 Å². The Kier molecular flexibility index (Phi) is 2.76. The number of benzene rings is 1. The second kappa shape index (κ2) is 4.42. The number of anilines is 1. The molecular weight excluding hydrogens is 230 g/mol. The minimum Gasteiger partial charge on any atom is -0.410 e. The molecule has 1 amide bonds. The Labute approximate surface area is 105 Å². The molecular formula is C13H15N3O2. The van der Waals surface area contributed by atoms with E-state index in [2.05, 4.69) is 10.5 Å². The summed E-state index contributed by atoms with van der Waals surface area (Å²) in [6.45, 7) is 1.84. The topological polar surface area (TPSA) is 64.9 Å². The summed E-state index contributed by atoms with van der Waals surface area (Å²) in [6.07, 6.45) is 1.86. The van der Waals surface area contributed by atoms with Gasteiger partial charge in [0.25, 0.3) is 5.91 Å². The number of fused-ring (bicyclic) bond motifs is 1. The van der Waals surface area contributed by atoms with E-state index < -0.39 is 0 Å². The summed E-state index contributed by atoms with van der Waals surface area (Å²) in [5, 5.41) is 15.5. The Morgan fingerprint density at radius 2 is 2.00 bits per heavy atom. The molecule has 5 heteroatoms. The fourth-order valence-corrected chi connectivity index (χ4v) is 2.75. The smallest absolute Gasteiger partial charge is 0.281 e. The second-order valence-corrected chi connectivity index (χ2v) is 4.62. The van der Waals surface area contributed by atoms with E-state index in [9.17, 15) is 4.79 Å². The van der Waals surface area contributed by atoms with Gasteiger partial charge in [-0.3, -0.25) is 4.79 Å². The molecule has 0 radical (unpaired) electrons. The van der Waals surface area contributed by atoms with E-state index in [0.29, 0.717) is 0 Å². The van der Waals surface area contributed by atoms with Crippen LogP contribution < -0.4 is 10.2 Å². The van der Waals surface area contributed by atoms with Crippen molar-refractivity contribution in [3.05, 3.63) is 29.8 Å². The summed E-state index contributed by atoms with van der Waals surface area (Å²) in [7, 11) is 0. The molecule has 1 aromatic carbocycles. The van der Waals surface area contributed by atoms with Gasteiger partial charge in [0.2, 0.25) is 0 Å². The van der Waals surface area contributed by atoms with E-state index in [-0.39, 0.29) is 17.7 Å². The van der Waals surface area contributed by atoms with Crippen molar-refractivity contribution < 1.29 is 10.0 Å². The highest BCUT2D eigenvalue weighted by atomic mass is 16.4. The molecule has 0 atom stereocenters. The van der Waals surface area contributed by atoms with Crippen LogP contribution in [0.4, 0.5) is 5.69 Å². The molecule has 18 heavy (non-hydrogen) atoms. The summed E-state index contributed by atoms with van der Waals surface area (Å²) in [5.41, 5.74) is 1.75. The molecule has 0 unspecified atom stereocenters. The number of hydrogen-bond donors (Lipinski definition) is 2. The zero-order valence-corrected chi connectivity index (χ0v) is 9.97. The maximum Gasteiger partial charge on any atom is 0.281 e. The molecule has 1 saturated heterocycles. The number of carbonyl (C=O) groups is 1. The molecule has 5 nitrogen and oxygen atoms in total. The highest BCUT2D eigenvalue weighted by molar-refractivity contribution is 6.54. The Bertz CT molecular complexity index is 507. The van der Waals surface area contributed by atoms with Crippen molar-refractivity contribution in [2.75, 3.05) is 18.0 Å².